The molecule has 3 rings (SSSR count). The fourth-order valence-electron chi connectivity index (χ4n) is 3.88. The summed E-state index contributed by atoms with van der Waals surface area (Å²) in [5.74, 6) is -1.05. The maximum Gasteiger partial charge on any atom is 0.339 e. The van der Waals surface area contributed by atoms with E-state index in [2.05, 4.69) is 0 Å². The third kappa shape index (κ3) is 4.61. The summed E-state index contributed by atoms with van der Waals surface area (Å²) in [5, 5.41) is 0.751. The number of esters is 1. The highest BCUT2D eigenvalue weighted by molar-refractivity contribution is 6.05. The van der Waals surface area contributed by atoms with Gasteiger partial charge in [0.25, 0.3) is 5.91 Å². The van der Waals surface area contributed by atoms with E-state index in [1.165, 1.54) is 4.90 Å². The first-order chi connectivity index (χ1) is 14.5. The standard InChI is InChI=1S/C23H29N3O4/c1-4-26(5-2)20(27)14-25(3)21(28)15-30-23(29)22-16-10-6-8-12-18(16)24-19-13-9-7-11-17(19)22/h6,8,10,12H,4-5,7,9,11,13-15H2,1-3H3. The van der Waals surface area contributed by atoms with Gasteiger partial charge in [-0.2, -0.15) is 0 Å². The summed E-state index contributed by atoms with van der Waals surface area (Å²) in [4.78, 5) is 45.3. The van der Waals surface area contributed by atoms with Crippen LogP contribution in [0.5, 0.6) is 0 Å². The molecular weight excluding hydrogens is 382 g/mol. The molecule has 0 saturated heterocycles. The lowest BCUT2D eigenvalue weighted by Crippen LogP contribution is -2.42. The average Bonchev–Trinajstić information content (AvgIpc) is 2.76. The number of hydrogen-bond acceptors (Lipinski definition) is 5. The molecule has 1 aliphatic rings. The summed E-state index contributed by atoms with van der Waals surface area (Å²) >= 11 is 0. The predicted molar refractivity (Wildman–Crippen MR) is 114 cm³/mol. The Morgan fingerprint density at radius 3 is 2.47 bits per heavy atom. The van der Waals surface area contributed by atoms with Gasteiger partial charge in [0, 0.05) is 31.2 Å². The molecule has 2 amide bonds. The van der Waals surface area contributed by atoms with E-state index in [9.17, 15) is 14.4 Å². The van der Waals surface area contributed by atoms with Crippen molar-refractivity contribution < 1.29 is 19.1 Å². The van der Waals surface area contributed by atoms with Crippen molar-refractivity contribution >= 4 is 28.7 Å². The summed E-state index contributed by atoms with van der Waals surface area (Å²) in [6.45, 7) is 4.53. The molecule has 0 radical (unpaired) electrons. The maximum absolute atomic E-state index is 13.0. The van der Waals surface area contributed by atoms with Gasteiger partial charge in [-0.3, -0.25) is 14.6 Å². The largest absolute Gasteiger partial charge is 0.452 e. The molecule has 1 aromatic heterocycles. The van der Waals surface area contributed by atoms with Gasteiger partial charge in [-0.15, -0.1) is 0 Å². The zero-order valence-corrected chi connectivity index (χ0v) is 17.9. The van der Waals surface area contributed by atoms with Crippen molar-refractivity contribution in [3.05, 3.63) is 41.1 Å². The van der Waals surface area contributed by atoms with Crippen LogP contribution in [0.4, 0.5) is 0 Å². The molecule has 160 valence electrons. The molecule has 0 unspecified atom stereocenters. The number of aromatic nitrogens is 1. The highest BCUT2D eigenvalue weighted by Crippen LogP contribution is 2.29. The van der Waals surface area contributed by atoms with Crippen molar-refractivity contribution in [3.63, 3.8) is 0 Å². The molecule has 1 heterocycles. The number of aryl methyl sites for hydroxylation is 1. The fraction of sp³-hybridized carbons (Fsp3) is 0.478. The molecule has 0 atom stereocenters. The van der Waals surface area contributed by atoms with Gasteiger partial charge in [0.15, 0.2) is 6.61 Å². The number of rotatable bonds is 7. The summed E-state index contributed by atoms with van der Waals surface area (Å²) in [6, 6.07) is 7.52. The van der Waals surface area contributed by atoms with Gasteiger partial charge >= 0.3 is 5.97 Å². The Kier molecular flexibility index (Phi) is 7.03. The number of pyridine rings is 1. The molecule has 0 fully saturated rings. The molecule has 0 aliphatic heterocycles. The first-order valence-corrected chi connectivity index (χ1v) is 10.6. The van der Waals surface area contributed by atoms with Crippen LogP contribution >= 0.6 is 0 Å². The van der Waals surface area contributed by atoms with Crippen LogP contribution < -0.4 is 0 Å². The number of fused-ring (bicyclic) bond motifs is 2. The number of para-hydroxylation sites is 1. The van der Waals surface area contributed by atoms with Crippen molar-refractivity contribution in [3.8, 4) is 0 Å². The van der Waals surface area contributed by atoms with Crippen LogP contribution in [0.15, 0.2) is 24.3 Å². The Balaban J connectivity index is 1.73. The average molecular weight is 412 g/mol. The Hall–Kier alpha value is -2.96. The van der Waals surface area contributed by atoms with Crippen molar-refractivity contribution in [2.45, 2.75) is 39.5 Å². The second kappa shape index (κ2) is 9.69. The van der Waals surface area contributed by atoms with E-state index in [0.29, 0.717) is 18.7 Å². The third-order valence-electron chi connectivity index (χ3n) is 5.61. The van der Waals surface area contributed by atoms with E-state index in [0.717, 1.165) is 47.8 Å². The molecule has 0 spiro atoms. The lowest BCUT2D eigenvalue weighted by molar-refractivity contribution is -0.140. The number of nitrogens with zero attached hydrogens (tertiary/aromatic N) is 3. The van der Waals surface area contributed by atoms with E-state index in [1.807, 2.05) is 38.1 Å². The monoisotopic (exact) mass is 411 g/mol. The molecule has 1 aliphatic carbocycles. The minimum Gasteiger partial charge on any atom is -0.452 e. The minimum atomic E-state index is -0.511. The van der Waals surface area contributed by atoms with Crippen molar-refractivity contribution in [2.75, 3.05) is 33.3 Å². The van der Waals surface area contributed by atoms with E-state index in [4.69, 9.17) is 9.72 Å². The molecule has 2 aromatic rings. The van der Waals surface area contributed by atoms with Crippen molar-refractivity contribution in [2.24, 2.45) is 0 Å². The molecule has 7 heteroatoms. The van der Waals surface area contributed by atoms with Crippen LogP contribution in [-0.2, 0) is 27.2 Å². The summed E-state index contributed by atoms with van der Waals surface area (Å²) < 4.78 is 5.40. The molecule has 1 aromatic carbocycles. The number of likely N-dealkylation sites (N-methyl/N-ethyl adjacent to an activating group) is 2. The van der Waals surface area contributed by atoms with Crippen molar-refractivity contribution in [1.29, 1.82) is 0 Å². The molecule has 0 N–H and O–H groups in total. The van der Waals surface area contributed by atoms with Gasteiger partial charge in [-0.25, -0.2) is 4.79 Å². The Morgan fingerprint density at radius 2 is 1.73 bits per heavy atom. The normalized spacial score (nSPS) is 12.9. The first kappa shape index (κ1) is 21.7. The second-order valence-corrected chi connectivity index (χ2v) is 7.53. The van der Waals surface area contributed by atoms with Crippen LogP contribution in [0.1, 0.15) is 48.3 Å². The number of benzene rings is 1. The molecule has 7 nitrogen and oxygen atoms in total. The maximum atomic E-state index is 13.0. The van der Waals surface area contributed by atoms with E-state index in [-0.39, 0.29) is 12.5 Å². The van der Waals surface area contributed by atoms with Gasteiger partial charge in [0.05, 0.1) is 17.6 Å². The number of carbonyl (C=O) groups is 3. The molecule has 30 heavy (non-hydrogen) atoms. The van der Waals surface area contributed by atoms with Gasteiger partial charge in [0.2, 0.25) is 5.91 Å². The van der Waals surface area contributed by atoms with Crippen molar-refractivity contribution in [1.82, 2.24) is 14.8 Å². The van der Waals surface area contributed by atoms with Crippen LogP contribution in [-0.4, -0.2) is 65.9 Å². The Morgan fingerprint density at radius 1 is 1.03 bits per heavy atom. The third-order valence-corrected chi connectivity index (χ3v) is 5.61. The Bertz CT molecular complexity index is 953. The van der Waals surface area contributed by atoms with E-state index >= 15 is 0 Å². The number of carbonyl (C=O) groups excluding carboxylic acids is 3. The fourth-order valence-corrected chi connectivity index (χ4v) is 3.88. The summed E-state index contributed by atoms with van der Waals surface area (Å²) in [6.07, 6.45) is 3.68. The highest BCUT2D eigenvalue weighted by atomic mass is 16.5. The summed E-state index contributed by atoms with van der Waals surface area (Å²) in [5.41, 5.74) is 3.16. The predicted octanol–water partition coefficient (Wildman–Crippen LogP) is 2.60. The lowest BCUT2D eigenvalue weighted by atomic mass is 9.90. The smallest absolute Gasteiger partial charge is 0.339 e. The zero-order chi connectivity index (χ0) is 21.7. The molecule has 0 saturated carbocycles. The highest BCUT2D eigenvalue weighted by Gasteiger charge is 2.25. The van der Waals surface area contributed by atoms with Gasteiger partial charge < -0.3 is 14.5 Å². The molecular formula is C23H29N3O4. The van der Waals surface area contributed by atoms with E-state index in [1.54, 1.807) is 11.9 Å². The number of amides is 2. The second-order valence-electron chi connectivity index (χ2n) is 7.53. The SMILES string of the molecule is CCN(CC)C(=O)CN(C)C(=O)COC(=O)c1c2c(nc3ccccc13)CCCC2. The van der Waals surface area contributed by atoms with Crippen LogP contribution in [0.25, 0.3) is 10.9 Å². The van der Waals surface area contributed by atoms with Crippen LogP contribution in [0.2, 0.25) is 0 Å². The lowest BCUT2D eigenvalue weighted by Gasteiger charge is -2.23. The summed E-state index contributed by atoms with van der Waals surface area (Å²) in [7, 11) is 1.54. The zero-order valence-electron chi connectivity index (χ0n) is 17.9. The Labute approximate surface area is 177 Å². The number of hydrogen-bond donors (Lipinski definition) is 0. The van der Waals surface area contributed by atoms with Crippen LogP contribution in [0, 0.1) is 0 Å². The minimum absolute atomic E-state index is 0.0361. The topological polar surface area (TPSA) is 79.8 Å². The quantitative estimate of drug-likeness (QED) is 0.655. The molecule has 0 bridgehead atoms. The number of ether oxygens (including phenoxy) is 1. The first-order valence-electron chi connectivity index (χ1n) is 10.6. The van der Waals surface area contributed by atoms with Gasteiger partial charge in [-0.1, -0.05) is 18.2 Å². The van der Waals surface area contributed by atoms with Crippen LogP contribution in [0.3, 0.4) is 0 Å². The van der Waals surface area contributed by atoms with Gasteiger partial charge in [-0.05, 0) is 51.2 Å². The van der Waals surface area contributed by atoms with Gasteiger partial charge in [0.1, 0.15) is 0 Å². The van der Waals surface area contributed by atoms with E-state index < -0.39 is 18.5 Å².